The molecular weight excluding hydrogens is 325 g/mol. The number of aromatic nitrogens is 1. The van der Waals surface area contributed by atoms with Gasteiger partial charge in [0.25, 0.3) is 0 Å². The van der Waals surface area contributed by atoms with Crippen molar-refractivity contribution < 1.29 is 9.31 Å². The van der Waals surface area contributed by atoms with Crippen molar-refractivity contribution in [2.45, 2.75) is 19.8 Å². The summed E-state index contributed by atoms with van der Waals surface area (Å²) in [5.41, 5.74) is 4.46. The molecule has 25 heavy (non-hydrogen) atoms. The van der Waals surface area contributed by atoms with E-state index in [1.807, 2.05) is 17.9 Å². The molecule has 0 saturated carbocycles. The fraction of sp³-hybridized carbons (Fsp3) is 0.294. The lowest BCUT2D eigenvalue weighted by Gasteiger charge is -2.19. The number of hydrazone groups is 1. The number of anilines is 2. The van der Waals surface area contributed by atoms with Crippen LogP contribution in [0.3, 0.4) is 0 Å². The highest BCUT2D eigenvalue weighted by Gasteiger charge is 2.17. The summed E-state index contributed by atoms with van der Waals surface area (Å²) in [5.74, 6) is -0.256. The van der Waals surface area contributed by atoms with Gasteiger partial charge in [-0.2, -0.15) is 5.10 Å². The fourth-order valence-electron chi connectivity index (χ4n) is 2.81. The van der Waals surface area contributed by atoms with Crippen molar-refractivity contribution in [2.24, 2.45) is 5.10 Å². The third-order valence-corrected chi connectivity index (χ3v) is 4.14. The Morgan fingerprint density at radius 3 is 2.88 bits per heavy atom. The maximum Gasteiger partial charge on any atom is 0.313 e. The summed E-state index contributed by atoms with van der Waals surface area (Å²) in [6.07, 6.45) is 5.02. The van der Waals surface area contributed by atoms with Gasteiger partial charge in [-0.1, -0.05) is 0 Å². The number of hydrogen-bond donors (Lipinski definition) is 1. The predicted molar refractivity (Wildman–Crippen MR) is 94.7 cm³/mol. The number of pyridine rings is 1. The summed E-state index contributed by atoms with van der Waals surface area (Å²) >= 11 is 0. The van der Waals surface area contributed by atoms with Gasteiger partial charge in [0.1, 0.15) is 5.82 Å². The van der Waals surface area contributed by atoms with Crippen LogP contribution >= 0.6 is 0 Å². The molecule has 1 aliphatic rings. The molecule has 1 aliphatic heterocycles. The predicted octanol–water partition coefficient (Wildman–Crippen LogP) is 3.48. The Morgan fingerprint density at radius 1 is 1.40 bits per heavy atom. The van der Waals surface area contributed by atoms with Gasteiger partial charge >= 0.3 is 5.69 Å². The van der Waals surface area contributed by atoms with Gasteiger partial charge in [0.15, 0.2) is 0 Å². The first-order valence-corrected chi connectivity index (χ1v) is 8.00. The van der Waals surface area contributed by atoms with Crippen molar-refractivity contribution in [1.29, 1.82) is 0 Å². The van der Waals surface area contributed by atoms with E-state index in [-0.39, 0.29) is 17.3 Å². The molecule has 1 N–H and O–H groups in total. The van der Waals surface area contributed by atoms with Crippen LogP contribution in [0.1, 0.15) is 24.0 Å². The maximum atomic E-state index is 14.4. The Labute approximate surface area is 144 Å². The summed E-state index contributed by atoms with van der Waals surface area (Å²) in [4.78, 5) is 16.3. The molecule has 2 heterocycles. The van der Waals surface area contributed by atoms with Gasteiger partial charge in [-0.15, -0.1) is 0 Å². The van der Waals surface area contributed by atoms with E-state index in [1.54, 1.807) is 0 Å². The fourth-order valence-corrected chi connectivity index (χ4v) is 2.81. The molecule has 2 aromatic rings. The zero-order valence-electron chi connectivity index (χ0n) is 13.8. The first-order chi connectivity index (χ1) is 12.1. The standard InChI is InChI=1S/C17H18FN5O2/c1-12-9-16(22-7-2-3-8-22)14(18)10-13(12)11-20-21-17-15(23(24)25)5-4-6-19-17/h4-6,9-11H,2-3,7-8H2,1H3,(H,19,21)/b20-11-. The number of hydrogen-bond acceptors (Lipinski definition) is 6. The molecule has 0 bridgehead atoms. The van der Waals surface area contributed by atoms with E-state index in [9.17, 15) is 14.5 Å². The van der Waals surface area contributed by atoms with E-state index in [0.29, 0.717) is 11.3 Å². The van der Waals surface area contributed by atoms with Crippen LogP contribution in [0.25, 0.3) is 0 Å². The number of rotatable bonds is 5. The highest BCUT2D eigenvalue weighted by atomic mass is 19.1. The third-order valence-electron chi connectivity index (χ3n) is 4.14. The van der Waals surface area contributed by atoms with E-state index in [4.69, 9.17) is 0 Å². The zero-order chi connectivity index (χ0) is 17.8. The molecule has 1 saturated heterocycles. The number of aryl methyl sites for hydroxylation is 1. The smallest absolute Gasteiger partial charge is 0.313 e. The van der Waals surface area contributed by atoms with E-state index < -0.39 is 4.92 Å². The molecule has 0 amide bonds. The van der Waals surface area contributed by atoms with Crippen LogP contribution in [0.5, 0.6) is 0 Å². The van der Waals surface area contributed by atoms with Crippen molar-refractivity contribution >= 4 is 23.4 Å². The van der Waals surface area contributed by atoms with Gasteiger partial charge in [-0.05, 0) is 43.5 Å². The SMILES string of the molecule is Cc1cc(N2CCCC2)c(F)cc1/C=N\Nc1ncccc1[N+](=O)[O-]. The molecule has 0 atom stereocenters. The number of halogens is 1. The summed E-state index contributed by atoms with van der Waals surface area (Å²) < 4.78 is 14.4. The van der Waals surface area contributed by atoms with Crippen molar-refractivity contribution in [3.8, 4) is 0 Å². The van der Waals surface area contributed by atoms with Gasteiger partial charge in [-0.25, -0.2) is 9.37 Å². The average molecular weight is 343 g/mol. The van der Waals surface area contributed by atoms with Crippen molar-refractivity contribution in [1.82, 2.24) is 4.98 Å². The van der Waals surface area contributed by atoms with E-state index in [0.717, 1.165) is 31.5 Å². The number of nitrogens with zero attached hydrogens (tertiary/aromatic N) is 4. The van der Waals surface area contributed by atoms with Crippen molar-refractivity contribution in [2.75, 3.05) is 23.4 Å². The summed E-state index contributed by atoms with van der Waals surface area (Å²) in [6.45, 7) is 3.62. The van der Waals surface area contributed by atoms with Crippen LogP contribution in [0.4, 0.5) is 21.6 Å². The number of nitrogens with one attached hydrogen (secondary N) is 1. The molecule has 0 unspecified atom stereocenters. The topological polar surface area (TPSA) is 83.7 Å². The van der Waals surface area contributed by atoms with Crippen molar-refractivity contribution in [3.63, 3.8) is 0 Å². The third kappa shape index (κ3) is 3.73. The molecular formula is C17H18FN5O2. The highest BCUT2D eigenvalue weighted by Crippen LogP contribution is 2.26. The molecule has 8 heteroatoms. The lowest BCUT2D eigenvalue weighted by atomic mass is 10.1. The van der Waals surface area contributed by atoms with Gasteiger partial charge in [-0.3, -0.25) is 15.5 Å². The Kier molecular flexibility index (Phi) is 4.87. The molecule has 1 aromatic heterocycles. The summed E-state index contributed by atoms with van der Waals surface area (Å²) in [7, 11) is 0. The van der Waals surface area contributed by atoms with E-state index in [2.05, 4.69) is 15.5 Å². The molecule has 1 fully saturated rings. The molecule has 7 nitrogen and oxygen atoms in total. The molecule has 0 radical (unpaired) electrons. The largest absolute Gasteiger partial charge is 0.369 e. The van der Waals surface area contributed by atoms with E-state index >= 15 is 0 Å². The Morgan fingerprint density at radius 2 is 2.16 bits per heavy atom. The first kappa shape index (κ1) is 16.8. The second-order valence-electron chi connectivity index (χ2n) is 5.85. The number of benzene rings is 1. The van der Waals surface area contributed by atoms with Gasteiger partial charge in [0.2, 0.25) is 5.82 Å². The molecule has 3 rings (SSSR count). The second kappa shape index (κ2) is 7.25. The van der Waals surface area contributed by atoms with Crippen LogP contribution in [0.2, 0.25) is 0 Å². The van der Waals surface area contributed by atoms with Crippen LogP contribution in [-0.4, -0.2) is 29.2 Å². The minimum Gasteiger partial charge on any atom is -0.369 e. The number of nitro groups is 1. The minimum absolute atomic E-state index is 0.0376. The second-order valence-corrected chi connectivity index (χ2v) is 5.85. The lowest BCUT2D eigenvalue weighted by Crippen LogP contribution is -2.19. The summed E-state index contributed by atoms with van der Waals surface area (Å²) in [5, 5.41) is 14.9. The zero-order valence-corrected chi connectivity index (χ0v) is 13.8. The van der Waals surface area contributed by atoms with E-state index in [1.165, 1.54) is 30.6 Å². The highest BCUT2D eigenvalue weighted by molar-refractivity contribution is 5.83. The summed E-state index contributed by atoms with van der Waals surface area (Å²) in [6, 6.07) is 6.05. The Hall–Kier alpha value is -3.03. The minimum atomic E-state index is -0.541. The Balaban J connectivity index is 1.78. The normalized spacial score (nSPS) is 14.2. The monoisotopic (exact) mass is 343 g/mol. The van der Waals surface area contributed by atoms with Crippen LogP contribution in [0.15, 0.2) is 35.6 Å². The molecule has 1 aromatic carbocycles. The lowest BCUT2D eigenvalue weighted by molar-refractivity contribution is -0.384. The maximum absolute atomic E-state index is 14.4. The average Bonchev–Trinajstić information content (AvgIpc) is 3.12. The van der Waals surface area contributed by atoms with Crippen molar-refractivity contribution in [3.05, 3.63) is 57.5 Å². The molecule has 130 valence electrons. The van der Waals surface area contributed by atoms with Gasteiger partial charge in [0.05, 0.1) is 16.8 Å². The quantitative estimate of drug-likeness (QED) is 0.510. The van der Waals surface area contributed by atoms with Gasteiger partial charge in [0, 0.05) is 30.9 Å². The Bertz CT molecular complexity index is 819. The molecule has 0 aliphatic carbocycles. The molecule has 0 spiro atoms. The van der Waals surface area contributed by atoms with Crippen LogP contribution in [0, 0.1) is 22.9 Å². The van der Waals surface area contributed by atoms with Gasteiger partial charge < -0.3 is 4.90 Å². The first-order valence-electron chi connectivity index (χ1n) is 8.00. The van der Waals surface area contributed by atoms with Crippen LogP contribution < -0.4 is 10.3 Å². The van der Waals surface area contributed by atoms with Crippen LogP contribution in [-0.2, 0) is 0 Å².